The molecule has 0 spiro atoms. The first-order chi connectivity index (χ1) is 17.7. The van der Waals surface area contributed by atoms with Crippen molar-refractivity contribution in [2.75, 3.05) is 18.5 Å². The van der Waals surface area contributed by atoms with E-state index >= 15 is 0 Å². The number of hydrogen-bond donors (Lipinski definition) is 2. The Morgan fingerprint density at radius 3 is 2.62 bits per heavy atom. The number of carbonyl (C=O) groups is 2. The Bertz CT molecular complexity index is 1360. The standard InChI is InChI=1S/C26H25IN4O6/c1-4-36-23-12-18(14-28-30-26(33)19-6-5-7-20(13-19)31(34)35)11-21(27)25(23)37-15-24(32)29-22-10-16(2)8-9-17(22)3/h5-14H,4,15H2,1-3H3,(H,29,32)(H,30,33)/b28-14+. The summed E-state index contributed by atoms with van der Waals surface area (Å²) in [5, 5.41) is 17.7. The van der Waals surface area contributed by atoms with Crippen LogP contribution in [0.3, 0.4) is 0 Å². The van der Waals surface area contributed by atoms with Gasteiger partial charge >= 0.3 is 0 Å². The van der Waals surface area contributed by atoms with Crippen LogP contribution in [-0.2, 0) is 4.79 Å². The Kier molecular flexibility index (Phi) is 9.55. The Balaban J connectivity index is 1.68. The first-order valence-corrected chi connectivity index (χ1v) is 12.3. The van der Waals surface area contributed by atoms with Gasteiger partial charge in [0.05, 0.1) is 21.3 Å². The maximum atomic E-state index is 12.5. The molecule has 0 fully saturated rings. The topological polar surface area (TPSA) is 132 Å². The van der Waals surface area contributed by atoms with Crippen molar-refractivity contribution in [2.24, 2.45) is 5.10 Å². The third kappa shape index (κ3) is 7.74. The molecule has 0 atom stereocenters. The lowest BCUT2D eigenvalue weighted by atomic mass is 10.1. The third-order valence-electron chi connectivity index (χ3n) is 5.05. The Morgan fingerprint density at radius 1 is 1.11 bits per heavy atom. The summed E-state index contributed by atoms with van der Waals surface area (Å²) in [6, 6.07) is 14.6. The summed E-state index contributed by atoms with van der Waals surface area (Å²) in [6.45, 7) is 5.84. The van der Waals surface area contributed by atoms with Crippen molar-refractivity contribution in [2.45, 2.75) is 20.8 Å². The molecule has 37 heavy (non-hydrogen) atoms. The molecule has 10 nitrogen and oxygen atoms in total. The van der Waals surface area contributed by atoms with Gasteiger partial charge in [-0.15, -0.1) is 0 Å². The maximum absolute atomic E-state index is 12.5. The number of rotatable bonds is 10. The summed E-state index contributed by atoms with van der Waals surface area (Å²) < 4.78 is 12.2. The number of carbonyl (C=O) groups excluding carboxylic acids is 2. The molecule has 0 bridgehead atoms. The van der Waals surface area contributed by atoms with Crippen molar-refractivity contribution < 1.29 is 24.0 Å². The molecule has 0 saturated heterocycles. The maximum Gasteiger partial charge on any atom is 0.271 e. The summed E-state index contributed by atoms with van der Waals surface area (Å²) in [6.07, 6.45) is 1.41. The number of benzene rings is 3. The van der Waals surface area contributed by atoms with Gasteiger partial charge in [0, 0.05) is 23.4 Å². The predicted octanol–water partition coefficient (Wildman–Crippen LogP) is 5.00. The molecular weight excluding hydrogens is 591 g/mol. The molecule has 2 amide bonds. The molecule has 3 aromatic carbocycles. The Morgan fingerprint density at radius 2 is 1.89 bits per heavy atom. The number of ether oxygens (including phenoxy) is 2. The van der Waals surface area contributed by atoms with Gasteiger partial charge in [-0.25, -0.2) is 5.43 Å². The van der Waals surface area contributed by atoms with Gasteiger partial charge in [-0.1, -0.05) is 18.2 Å². The van der Waals surface area contributed by atoms with E-state index < -0.39 is 10.8 Å². The highest BCUT2D eigenvalue weighted by molar-refractivity contribution is 14.1. The Hall–Kier alpha value is -4.00. The molecule has 0 saturated carbocycles. The average molecular weight is 616 g/mol. The van der Waals surface area contributed by atoms with Crippen molar-refractivity contribution in [3.63, 3.8) is 0 Å². The highest BCUT2D eigenvalue weighted by atomic mass is 127. The lowest BCUT2D eigenvalue weighted by molar-refractivity contribution is -0.384. The molecule has 0 unspecified atom stereocenters. The van der Waals surface area contributed by atoms with Crippen molar-refractivity contribution in [1.82, 2.24) is 5.43 Å². The van der Waals surface area contributed by atoms with Crippen LogP contribution in [0.4, 0.5) is 11.4 Å². The number of nitrogens with zero attached hydrogens (tertiary/aromatic N) is 2. The number of nitro groups is 1. The van der Waals surface area contributed by atoms with Crippen LogP contribution in [-0.4, -0.2) is 36.2 Å². The monoisotopic (exact) mass is 616 g/mol. The van der Waals surface area contributed by atoms with E-state index in [1.165, 1.54) is 30.5 Å². The van der Waals surface area contributed by atoms with E-state index in [0.29, 0.717) is 27.2 Å². The Labute approximate surface area is 227 Å². The molecule has 3 aromatic rings. The zero-order valence-corrected chi connectivity index (χ0v) is 22.6. The number of nitrogens with one attached hydrogen (secondary N) is 2. The fourth-order valence-electron chi connectivity index (χ4n) is 3.25. The first-order valence-electron chi connectivity index (χ1n) is 11.2. The van der Waals surface area contributed by atoms with Crippen molar-refractivity contribution in [3.05, 3.63) is 90.5 Å². The molecule has 3 rings (SSSR count). The van der Waals surface area contributed by atoms with Crippen LogP contribution in [0.2, 0.25) is 0 Å². The van der Waals surface area contributed by atoms with Gasteiger partial charge in [0.2, 0.25) is 0 Å². The molecular formula is C26H25IN4O6. The van der Waals surface area contributed by atoms with Crippen molar-refractivity contribution in [1.29, 1.82) is 0 Å². The predicted molar refractivity (Wildman–Crippen MR) is 149 cm³/mol. The van der Waals surface area contributed by atoms with Gasteiger partial charge in [0.15, 0.2) is 18.1 Å². The van der Waals surface area contributed by atoms with E-state index in [-0.39, 0.29) is 23.8 Å². The van der Waals surface area contributed by atoms with Crippen LogP contribution in [0.5, 0.6) is 11.5 Å². The summed E-state index contributed by atoms with van der Waals surface area (Å²) in [7, 11) is 0. The lowest BCUT2D eigenvalue weighted by Gasteiger charge is -2.15. The molecule has 0 aromatic heterocycles. The summed E-state index contributed by atoms with van der Waals surface area (Å²) in [5.41, 5.74) is 5.60. The van der Waals surface area contributed by atoms with Gasteiger partial charge in [-0.05, 0) is 84.3 Å². The second kappa shape index (κ2) is 12.8. The molecule has 0 aliphatic heterocycles. The van der Waals surface area contributed by atoms with Crippen LogP contribution >= 0.6 is 22.6 Å². The van der Waals surface area contributed by atoms with Crippen LogP contribution in [0.15, 0.2) is 59.7 Å². The molecule has 192 valence electrons. The first kappa shape index (κ1) is 27.6. The van der Waals surface area contributed by atoms with Crippen LogP contribution in [0, 0.1) is 27.5 Å². The quantitative estimate of drug-likeness (QED) is 0.143. The van der Waals surface area contributed by atoms with E-state index in [2.05, 4.69) is 38.4 Å². The van der Waals surface area contributed by atoms with E-state index in [0.717, 1.165) is 16.8 Å². The average Bonchev–Trinajstić information content (AvgIpc) is 2.86. The molecule has 0 heterocycles. The molecule has 0 aliphatic rings. The van der Waals surface area contributed by atoms with Gasteiger partial charge in [-0.3, -0.25) is 19.7 Å². The van der Waals surface area contributed by atoms with Crippen LogP contribution in [0.1, 0.15) is 34.0 Å². The van der Waals surface area contributed by atoms with E-state index in [9.17, 15) is 19.7 Å². The second-order valence-corrected chi connectivity index (χ2v) is 9.09. The summed E-state index contributed by atoms with van der Waals surface area (Å²) in [4.78, 5) is 35.1. The van der Waals surface area contributed by atoms with Crippen LogP contribution in [0.25, 0.3) is 0 Å². The smallest absolute Gasteiger partial charge is 0.271 e. The number of halogens is 1. The van der Waals surface area contributed by atoms with E-state index in [1.807, 2.05) is 39.0 Å². The fraction of sp³-hybridized carbons (Fsp3) is 0.192. The minimum Gasteiger partial charge on any atom is -0.490 e. The molecule has 2 N–H and O–H groups in total. The summed E-state index contributed by atoms with van der Waals surface area (Å²) >= 11 is 2.07. The van der Waals surface area contributed by atoms with E-state index in [4.69, 9.17) is 9.47 Å². The number of hydrazone groups is 1. The highest BCUT2D eigenvalue weighted by Gasteiger charge is 2.15. The molecule has 11 heteroatoms. The second-order valence-electron chi connectivity index (χ2n) is 7.92. The SMILES string of the molecule is CCOc1cc(/C=N/NC(=O)c2cccc([N+](=O)[O-])c2)cc(I)c1OCC(=O)Nc1cc(C)ccc1C. The minimum absolute atomic E-state index is 0.110. The molecule has 0 aliphatic carbocycles. The number of hydrogen-bond acceptors (Lipinski definition) is 7. The number of nitro benzene ring substituents is 1. The number of amides is 2. The third-order valence-corrected chi connectivity index (χ3v) is 5.85. The highest BCUT2D eigenvalue weighted by Crippen LogP contribution is 2.34. The summed E-state index contributed by atoms with van der Waals surface area (Å²) in [5.74, 6) is -0.0623. The van der Waals surface area contributed by atoms with Crippen molar-refractivity contribution >= 4 is 52.0 Å². The number of non-ortho nitro benzene ring substituents is 1. The zero-order chi connectivity index (χ0) is 26.9. The van der Waals surface area contributed by atoms with Crippen LogP contribution < -0.4 is 20.2 Å². The van der Waals surface area contributed by atoms with Gasteiger partial charge in [0.25, 0.3) is 17.5 Å². The van der Waals surface area contributed by atoms with E-state index in [1.54, 1.807) is 12.1 Å². The van der Waals surface area contributed by atoms with Gasteiger partial charge < -0.3 is 14.8 Å². The van der Waals surface area contributed by atoms with Gasteiger partial charge in [0.1, 0.15) is 0 Å². The van der Waals surface area contributed by atoms with Crippen molar-refractivity contribution in [3.8, 4) is 11.5 Å². The molecule has 0 radical (unpaired) electrons. The number of anilines is 1. The lowest BCUT2D eigenvalue weighted by Crippen LogP contribution is -2.21. The normalized spacial score (nSPS) is 10.7. The largest absolute Gasteiger partial charge is 0.490 e. The number of aryl methyl sites for hydroxylation is 2. The zero-order valence-electron chi connectivity index (χ0n) is 20.4. The minimum atomic E-state index is -0.588. The fourth-order valence-corrected chi connectivity index (χ4v) is 4.03. The van der Waals surface area contributed by atoms with Gasteiger partial charge in [-0.2, -0.15) is 5.10 Å².